The van der Waals surface area contributed by atoms with Crippen LogP contribution in [-0.4, -0.2) is 8.80 Å². The third kappa shape index (κ3) is 3.32. The van der Waals surface area contributed by atoms with Crippen LogP contribution in [0.4, 0.5) is 4.39 Å². The van der Waals surface area contributed by atoms with Gasteiger partial charge >= 0.3 is 0 Å². The summed E-state index contributed by atoms with van der Waals surface area (Å²) in [7, 11) is -0.0763. The first-order chi connectivity index (χ1) is 8.20. The van der Waals surface area contributed by atoms with Crippen LogP contribution in [0, 0.1) is 5.82 Å². The minimum atomic E-state index is -0.270. The Bertz CT molecular complexity index is 372. The average Bonchev–Trinajstić information content (AvgIpc) is 2.34. The topological polar surface area (TPSA) is 0 Å². The van der Waals surface area contributed by atoms with Crippen molar-refractivity contribution in [1.82, 2.24) is 0 Å². The predicted octanol–water partition coefficient (Wildman–Crippen LogP) is 5.26. The molecule has 2 rings (SSSR count). The number of rotatable bonds is 3. The van der Waals surface area contributed by atoms with Gasteiger partial charge in [-0.2, -0.15) is 0 Å². The Kier molecular flexibility index (Phi) is 4.63. The Balaban J connectivity index is 1.98. The highest BCUT2D eigenvalue weighted by atomic mass is 35.5. The van der Waals surface area contributed by atoms with E-state index in [1.807, 2.05) is 6.07 Å². The molecule has 1 aromatic rings. The van der Waals surface area contributed by atoms with E-state index in [9.17, 15) is 4.39 Å². The maximum atomic E-state index is 13.4. The first-order valence-corrected chi connectivity index (χ1v) is 8.99. The van der Waals surface area contributed by atoms with Crippen molar-refractivity contribution in [1.29, 1.82) is 0 Å². The Hall–Kier alpha value is -0.343. The van der Waals surface area contributed by atoms with Gasteiger partial charge < -0.3 is 0 Å². The van der Waals surface area contributed by atoms with Crippen LogP contribution in [0.3, 0.4) is 0 Å². The van der Waals surface area contributed by atoms with Crippen LogP contribution in [-0.2, 0) is 0 Å². The van der Waals surface area contributed by atoms with Crippen molar-refractivity contribution in [2.75, 3.05) is 0 Å². The molecule has 1 aromatic carbocycles. The summed E-state index contributed by atoms with van der Waals surface area (Å²) in [5.41, 5.74) is 1.14. The molecule has 3 heteroatoms. The minimum absolute atomic E-state index is 0.0763. The summed E-state index contributed by atoms with van der Waals surface area (Å²) in [6.07, 6.45) is 3.82. The summed E-state index contributed by atoms with van der Waals surface area (Å²) in [6, 6.07) is 9.56. The third-order valence-corrected chi connectivity index (χ3v) is 7.22. The maximum Gasteiger partial charge on any atom is 0.142 e. The van der Waals surface area contributed by atoms with Crippen molar-refractivity contribution in [3.05, 3.63) is 34.6 Å². The number of benzene rings is 1. The highest BCUT2D eigenvalue weighted by molar-refractivity contribution is 6.59. The van der Waals surface area contributed by atoms with Crippen LogP contribution >= 0.6 is 11.6 Å². The van der Waals surface area contributed by atoms with E-state index < -0.39 is 0 Å². The highest BCUT2D eigenvalue weighted by Gasteiger charge is 2.23. The largest absolute Gasteiger partial charge is 0.205 e. The van der Waals surface area contributed by atoms with Gasteiger partial charge in [0.2, 0.25) is 0 Å². The van der Waals surface area contributed by atoms with Crippen LogP contribution in [0.5, 0.6) is 0 Å². The van der Waals surface area contributed by atoms with Crippen molar-refractivity contribution in [2.24, 2.45) is 0 Å². The standard InChI is InChI=1S/C14H19ClFSi/c1-2-7-17-8-5-11(6-9-17)12-3-4-13(15)14(16)10-12/h3-4,10-11H,2,5-9H2,1H3. The smallest absolute Gasteiger partial charge is 0.142 e. The molecule has 0 atom stereocenters. The van der Waals surface area contributed by atoms with Gasteiger partial charge in [-0.1, -0.05) is 49.1 Å². The first-order valence-electron chi connectivity index (χ1n) is 6.49. The van der Waals surface area contributed by atoms with E-state index in [2.05, 4.69) is 6.92 Å². The number of hydrogen-bond acceptors (Lipinski definition) is 0. The molecule has 0 bridgehead atoms. The van der Waals surface area contributed by atoms with Gasteiger partial charge in [-0.15, -0.1) is 0 Å². The molecule has 1 radical (unpaired) electrons. The Morgan fingerprint density at radius 3 is 2.65 bits per heavy atom. The summed E-state index contributed by atoms with van der Waals surface area (Å²) < 4.78 is 13.4. The van der Waals surface area contributed by atoms with Crippen LogP contribution in [0.25, 0.3) is 0 Å². The molecule has 0 aromatic heterocycles. The van der Waals surface area contributed by atoms with E-state index in [4.69, 9.17) is 11.6 Å². The first kappa shape index (κ1) is 13.1. The van der Waals surface area contributed by atoms with Gasteiger partial charge in [-0.25, -0.2) is 4.39 Å². The van der Waals surface area contributed by atoms with Gasteiger partial charge in [-0.05, 0) is 36.5 Å². The molecule has 0 aliphatic carbocycles. The SMILES string of the molecule is CCC[Si]1CCC(c2ccc(Cl)c(F)c2)CC1. The molecule has 0 amide bonds. The summed E-state index contributed by atoms with van der Waals surface area (Å²) >= 11 is 5.71. The molecule has 1 aliphatic heterocycles. The van der Waals surface area contributed by atoms with Crippen LogP contribution < -0.4 is 0 Å². The van der Waals surface area contributed by atoms with Crippen molar-refractivity contribution in [3.8, 4) is 0 Å². The van der Waals surface area contributed by atoms with Crippen molar-refractivity contribution < 1.29 is 4.39 Å². The fourth-order valence-electron chi connectivity index (χ4n) is 2.73. The van der Waals surface area contributed by atoms with E-state index in [1.54, 1.807) is 12.1 Å². The summed E-state index contributed by atoms with van der Waals surface area (Å²) in [5, 5.41) is 0.236. The van der Waals surface area contributed by atoms with Crippen LogP contribution in [0.2, 0.25) is 23.2 Å². The third-order valence-electron chi connectivity index (χ3n) is 3.71. The molecule has 0 N–H and O–H groups in total. The molecule has 0 nitrogen and oxygen atoms in total. The lowest BCUT2D eigenvalue weighted by atomic mass is 9.93. The molecule has 0 spiro atoms. The van der Waals surface area contributed by atoms with E-state index in [0.29, 0.717) is 5.92 Å². The lowest BCUT2D eigenvalue weighted by Gasteiger charge is -2.27. The average molecular weight is 270 g/mol. The van der Waals surface area contributed by atoms with Gasteiger partial charge in [0.05, 0.1) is 5.02 Å². The highest BCUT2D eigenvalue weighted by Crippen LogP contribution is 2.35. The Morgan fingerprint density at radius 1 is 1.35 bits per heavy atom. The van der Waals surface area contributed by atoms with Gasteiger partial charge in [0.15, 0.2) is 0 Å². The molecule has 0 unspecified atom stereocenters. The van der Waals surface area contributed by atoms with E-state index >= 15 is 0 Å². The maximum absolute atomic E-state index is 13.4. The Labute approximate surface area is 110 Å². The Morgan fingerprint density at radius 2 is 2.06 bits per heavy atom. The molecular weight excluding hydrogens is 251 g/mol. The quantitative estimate of drug-likeness (QED) is 0.657. The normalized spacial score (nSPS) is 18.5. The van der Waals surface area contributed by atoms with E-state index in [1.165, 1.54) is 37.4 Å². The zero-order valence-electron chi connectivity index (χ0n) is 10.3. The van der Waals surface area contributed by atoms with Crippen molar-refractivity contribution >= 4 is 20.4 Å². The van der Waals surface area contributed by atoms with Gasteiger partial charge in [0.25, 0.3) is 0 Å². The summed E-state index contributed by atoms with van der Waals surface area (Å²) in [4.78, 5) is 0. The second kappa shape index (κ2) is 6.01. The molecule has 1 saturated heterocycles. The second-order valence-electron chi connectivity index (χ2n) is 4.95. The zero-order chi connectivity index (χ0) is 12.3. The minimum Gasteiger partial charge on any atom is -0.205 e. The van der Waals surface area contributed by atoms with Crippen LogP contribution in [0.1, 0.15) is 37.7 Å². The molecule has 1 heterocycles. The fourth-order valence-corrected chi connectivity index (χ4v) is 5.82. The molecule has 0 saturated carbocycles. The lowest BCUT2D eigenvalue weighted by Crippen LogP contribution is -2.20. The zero-order valence-corrected chi connectivity index (χ0v) is 12.1. The molecular formula is C14H19ClFSi. The summed E-state index contributed by atoms with van der Waals surface area (Å²) in [5.74, 6) is 0.293. The van der Waals surface area contributed by atoms with Gasteiger partial charge in [-0.3, -0.25) is 0 Å². The monoisotopic (exact) mass is 269 g/mol. The molecule has 1 fully saturated rings. The predicted molar refractivity (Wildman–Crippen MR) is 73.9 cm³/mol. The molecule has 1 aliphatic rings. The van der Waals surface area contributed by atoms with E-state index in [-0.39, 0.29) is 19.6 Å². The van der Waals surface area contributed by atoms with Gasteiger partial charge in [0, 0.05) is 8.80 Å². The van der Waals surface area contributed by atoms with Crippen LogP contribution in [0.15, 0.2) is 18.2 Å². The van der Waals surface area contributed by atoms with Crippen molar-refractivity contribution in [3.63, 3.8) is 0 Å². The number of halogens is 2. The molecule has 93 valence electrons. The van der Waals surface area contributed by atoms with E-state index in [0.717, 1.165) is 5.56 Å². The molecule has 17 heavy (non-hydrogen) atoms. The lowest BCUT2D eigenvalue weighted by molar-refractivity contribution is 0.588. The second-order valence-corrected chi connectivity index (χ2v) is 8.36. The summed E-state index contributed by atoms with van der Waals surface area (Å²) in [6.45, 7) is 2.28. The fraction of sp³-hybridized carbons (Fsp3) is 0.571. The van der Waals surface area contributed by atoms with Gasteiger partial charge in [0.1, 0.15) is 5.82 Å². The number of hydrogen-bond donors (Lipinski definition) is 0. The van der Waals surface area contributed by atoms with Crippen molar-refractivity contribution in [2.45, 2.75) is 50.2 Å².